The molecule has 4 aromatic rings. The second-order valence-electron chi connectivity index (χ2n) is 16.0. The summed E-state index contributed by atoms with van der Waals surface area (Å²) in [5.74, 6) is 0.554. The van der Waals surface area contributed by atoms with E-state index in [1.165, 1.54) is 0 Å². The summed E-state index contributed by atoms with van der Waals surface area (Å²) in [7, 11) is 1.56. The smallest absolute Gasteiger partial charge is 0.407 e. The van der Waals surface area contributed by atoms with Gasteiger partial charge in [0.05, 0.1) is 50.5 Å². The Hall–Kier alpha value is -5.55. The first-order chi connectivity index (χ1) is 29.0. The number of carbonyl (C=O) groups is 4. The van der Waals surface area contributed by atoms with Crippen molar-refractivity contribution in [1.29, 1.82) is 0 Å². The predicted molar refractivity (Wildman–Crippen MR) is 231 cm³/mol. The topological polar surface area (TPSA) is 184 Å². The molecule has 0 radical (unpaired) electrons. The number of alkyl carbamates (subject to hydrolysis) is 1. The van der Waals surface area contributed by atoms with Crippen LogP contribution in [0.1, 0.15) is 57.1 Å². The van der Waals surface area contributed by atoms with Gasteiger partial charge in [-0.2, -0.15) is 5.10 Å². The molecular weight excluding hydrogens is 829 g/mol. The number of morpholine rings is 1. The molecule has 0 saturated carbocycles. The zero-order chi connectivity index (χ0) is 43.9. The molecule has 6 rings (SSSR count). The Bertz CT molecular complexity index is 2250. The summed E-state index contributed by atoms with van der Waals surface area (Å²) < 4.78 is 30.1. The van der Waals surface area contributed by atoms with Crippen molar-refractivity contribution in [2.45, 2.75) is 58.8 Å². The Morgan fingerprint density at radius 3 is 2.39 bits per heavy atom. The van der Waals surface area contributed by atoms with Gasteiger partial charge >= 0.3 is 12.1 Å². The molecule has 0 spiro atoms. The predicted octanol–water partition coefficient (Wildman–Crippen LogP) is 6.83. The number of halogens is 2. The molecule has 5 amide bonds. The standard InChI is InChI=1S/C43H51Cl2N7O9/c1-42(2,3)61-41(56)48-13-16-58-15-10-36(53)46-11-12-47-40(55)49-29-9-7-8-26(18-29)31-22-32-35(23-34(31)57-6)60-24-33-37(39(54)51-14-17-59-25-43(51,4)5)50-52(38(32)33)30-20-27(44)19-28(45)21-30/h7-9,18-23H,10-17,24-25H2,1-6H3,(H,46,53)(H,48,56)(H2,47,49,55). The highest BCUT2D eigenvalue weighted by atomic mass is 35.5. The number of hydrogen-bond acceptors (Lipinski definition) is 10. The van der Waals surface area contributed by atoms with E-state index in [9.17, 15) is 19.2 Å². The number of urea groups is 1. The lowest BCUT2D eigenvalue weighted by atomic mass is 9.95. The Balaban J connectivity index is 1.13. The summed E-state index contributed by atoms with van der Waals surface area (Å²) in [6.45, 7) is 11.6. The molecule has 2 aliphatic heterocycles. The molecule has 18 heteroatoms. The van der Waals surface area contributed by atoms with Crippen LogP contribution < -0.4 is 30.7 Å². The lowest BCUT2D eigenvalue weighted by Crippen LogP contribution is -2.55. The minimum Gasteiger partial charge on any atom is -0.496 e. The summed E-state index contributed by atoms with van der Waals surface area (Å²) in [4.78, 5) is 52.9. The maximum atomic E-state index is 14.3. The Morgan fingerprint density at radius 1 is 0.918 bits per heavy atom. The van der Waals surface area contributed by atoms with Crippen LogP contribution in [0.15, 0.2) is 54.6 Å². The number of ether oxygens (including phenoxy) is 5. The van der Waals surface area contributed by atoms with Gasteiger partial charge in [-0.1, -0.05) is 35.3 Å². The van der Waals surface area contributed by atoms with Gasteiger partial charge in [-0.3, -0.25) is 9.59 Å². The first kappa shape index (κ1) is 45.0. The van der Waals surface area contributed by atoms with E-state index in [2.05, 4.69) is 21.3 Å². The molecule has 1 aromatic heterocycles. The van der Waals surface area contributed by atoms with Gasteiger partial charge in [-0.05, 0) is 76.6 Å². The monoisotopic (exact) mass is 879 g/mol. The molecule has 0 bridgehead atoms. The van der Waals surface area contributed by atoms with Crippen LogP contribution in [0.5, 0.6) is 11.5 Å². The molecule has 0 unspecified atom stereocenters. The van der Waals surface area contributed by atoms with E-state index in [0.717, 1.165) is 5.56 Å². The maximum absolute atomic E-state index is 14.3. The molecule has 326 valence electrons. The van der Waals surface area contributed by atoms with E-state index in [1.54, 1.807) is 73.9 Å². The van der Waals surface area contributed by atoms with Crippen molar-refractivity contribution in [1.82, 2.24) is 30.6 Å². The van der Waals surface area contributed by atoms with Gasteiger partial charge in [0, 0.05) is 71.1 Å². The zero-order valence-corrected chi connectivity index (χ0v) is 36.6. The minimum absolute atomic E-state index is 0.0776. The van der Waals surface area contributed by atoms with Crippen LogP contribution in [0.3, 0.4) is 0 Å². The molecule has 0 atom stereocenters. The largest absolute Gasteiger partial charge is 0.496 e. The zero-order valence-electron chi connectivity index (χ0n) is 35.0. The summed E-state index contributed by atoms with van der Waals surface area (Å²) in [6, 6.07) is 15.6. The number of nitrogens with zero attached hydrogens (tertiary/aromatic N) is 3. The summed E-state index contributed by atoms with van der Waals surface area (Å²) >= 11 is 13.0. The van der Waals surface area contributed by atoms with E-state index < -0.39 is 23.3 Å². The second-order valence-corrected chi connectivity index (χ2v) is 16.8. The SMILES string of the molecule is COc1cc2c(cc1-c1cccc(NC(=O)NCCNC(=O)CCOCCNC(=O)OC(C)(C)C)c1)-c1c(c(C(=O)N3CCOCC3(C)C)nn1-c1cc(Cl)cc(Cl)c1)CO2. The number of benzene rings is 3. The normalized spacial score (nSPS) is 14.2. The minimum atomic E-state index is -0.591. The van der Waals surface area contributed by atoms with E-state index >= 15 is 0 Å². The van der Waals surface area contributed by atoms with Crippen LogP contribution in [0.4, 0.5) is 15.3 Å². The van der Waals surface area contributed by atoms with Crippen molar-refractivity contribution in [2.24, 2.45) is 0 Å². The number of methoxy groups -OCH3 is 1. The molecule has 2 aliphatic rings. The number of nitrogens with one attached hydrogen (secondary N) is 4. The van der Waals surface area contributed by atoms with Crippen molar-refractivity contribution in [2.75, 3.05) is 65.0 Å². The third kappa shape index (κ3) is 11.4. The van der Waals surface area contributed by atoms with E-state index in [1.807, 2.05) is 32.0 Å². The number of carbonyl (C=O) groups excluding carboxylic acids is 4. The molecule has 1 fully saturated rings. The van der Waals surface area contributed by atoms with Gasteiger partial charge < -0.3 is 49.9 Å². The summed E-state index contributed by atoms with van der Waals surface area (Å²) in [5.41, 5.74) is 3.47. The number of fused-ring (bicyclic) bond motifs is 3. The molecule has 0 aliphatic carbocycles. The number of amides is 5. The van der Waals surface area contributed by atoms with Crippen LogP contribution in [-0.4, -0.2) is 109 Å². The van der Waals surface area contributed by atoms with E-state index in [4.69, 9.17) is 52.0 Å². The van der Waals surface area contributed by atoms with E-state index in [0.29, 0.717) is 75.1 Å². The van der Waals surface area contributed by atoms with Gasteiger partial charge in [0.15, 0.2) is 5.69 Å². The molecule has 16 nitrogen and oxygen atoms in total. The van der Waals surface area contributed by atoms with Gasteiger partial charge in [0.1, 0.15) is 23.7 Å². The van der Waals surface area contributed by atoms with E-state index in [-0.39, 0.29) is 63.4 Å². The first-order valence-corrected chi connectivity index (χ1v) is 20.6. The third-order valence-electron chi connectivity index (χ3n) is 9.65. The van der Waals surface area contributed by atoms with Crippen molar-refractivity contribution in [3.63, 3.8) is 0 Å². The number of hydrogen-bond donors (Lipinski definition) is 4. The maximum Gasteiger partial charge on any atom is 0.407 e. The molecule has 3 aromatic carbocycles. The van der Waals surface area contributed by atoms with Gasteiger partial charge in [-0.25, -0.2) is 14.3 Å². The fraction of sp³-hybridized carbons (Fsp3) is 0.419. The Morgan fingerprint density at radius 2 is 1.67 bits per heavy atom. The third-order valence-corrected chi connectivity index (χ3v) is 10.1. The van der Waals surface area contributed by atoms with Gasteiger partial charge in [-0.15, -0.1) is 0 Å². The lowest BCUT2D eigenvalue weighted by Gasteiger charge is -2.41. The molecule has 1 saturated heterocycles. The summed E-state index contributed by atoms with van der Waals surface area (Å²) in [6.07, 6.45) is -0.415. The second kappa shape index (κ2) is 19.4. The Labute approximate surface area is 364 Å². The van der Waals surface area contributed by atoms with Crippen LogP contribution in [-0.2, 0) is 25.6 Å². The molecule has 61 heavy (non-hydrogen) atoms. The van der Waals surface area contributed by atoms with Crippen LogP contribution >= 0.6 is 23.2 Å². The highest BCUT2D eigenvalue weighted by molar-refractivity contribution is 6.34. The number of anilines is 1. The van der Waals surface area contributed by atoms with Gasteiger partial charge in [0.2, 0.25) is 5.91 Å². The molecular formula is C43H51Cl2N7O9. The fourth-order valence-corrected chi connectivity index (χ4v) is 7.38. The van der Waals surface area contributed by atoms with Crippen LogP contribution in [0, 0.1) is 0 Å². The number of aromatic nitrogens is 2. The van der Waals surface area contributed by atoms with Crippen molar-refractivity contribution in [3.05, 3.63) is 75.9 Å². The van der Waals surface area contributed by atoms with Crippen LogP contribution in [0.25, 0.3) is 28.1 Å². The lowest BCUT2D eigenvalue weighted by molar-refractivity contribution is -0.122. The molecule has 3 heterocycles. The quantitative estimate of drug-likeness (QED) is 0.0980. The van der Waals surface area contributed by atoms with Crippen molar-refractivity contribution in [3.8, 4) is 39.6 Å². The number of rotatable bonds is 14. The highest BCUT2D eigenvalue weighted by Gasteiger charge is 2.39. The summed E-state index contributed by atoms with van der Waals surface area (Å²) in [5, 5.41) is 16.6. The van der Waals surface area contributed by atoms with Gasteiger partial charge in [0.25, 0.3) is 5.91 Å². The first-order valence-electron chi connectivity index (χ1n) is 19.8. The van der Waals surface area contributed by atoms with Crippen LogP contribution in [0.2, 0.25) is 10.0 Å². The average Bonchev–Trinajstić information content (AvgIpc) is 3.59. The average molecular weight is 881 g/mol. The van der Waals surface area contributed by atoms with Crippen molar-refractivity contribution < 1.29 is 42.9 Å². The van der Waals surface area contributed by atoms with Crippen molar-refractivity contribution >= 4 is 52.8 Å². The fourth-order valence-electron chi connectivity index (χ4n) is 6.87. The molecule has 4 N–H and O–H groups in total. The Kier molecular flexibility index (Phi) is 14.3. The highest BCUT2D eigenvalue weighted by Crippen LogP contribution is 2.47.